The van der Waals surface area contributed by atoms with E-state index in [1.165, 1.54) is 0 Å². The maximum absolute atomic E-state index is 10.5. The Morgan fingerprint density at radius 3 is 2.83 bits per heavy atom. The van der Waals surface area contributed by atoms with Crippen LogP contribution in [0.2, 0.25) is 5.02 Å². The lowest BCUT2D eigenvalue weighted by Crippen LogP contribution is -2.44. The van der Waals surface area contributed by atoms with Crippen LogP contribution in [-0.2, 0) is 12.8 Å². The number of nitrogens with two attached hydrogens (primary N) is 1. The number of aliphatic hydroxyl groups is 1. The molecule has 3 N–H and O–H groups in total. The van der Waals surface area contributed by atoms with Gasteiger partial charge in [0.05, 0.1) is 12.2 Å². The highest BCUT2D eigenvalue weighted by Crippen LogP contribution is 2.35. The Balaban J connectivity index is 2.35. The van der Waals surface area contributed by atoms with E-state index in [-0.39, 0.29) is 12.5 Å². The summed E-state index contributed by atoms with van der Waals surface area (Å²) in [5.74, 6) is 0.963. The molecule has 0 radical (unpaired) electrons. The molecule has 1 unspecified atom stereocenters. The minimum absolute atomic E-state index is 0.0820. The third-order valence-electron chi connectivity index (χ3n) is 3.75. The Morgan fingerprint density at radius 1 is 1.50 bits per heavy atom. The summed E-state index contributed by atoms with van der Waals surface area (Å²) >= 11 is 6.11. The van der Waals surface area contributed by atoms with Crippen LogP contribution in [0.5, 0.6) is 5.75 Å². The standard InChI is InChI=1S/C14H20ClNO2/c1-9(2)14(17,8-16)7-11-6-12(15)5-10-3-4-18-13(10)11/h5-6,9,17H,3-4,7-8,16H2,1-2H3. The second-order valence-electron chi connectivity index (χ2n) is 5.29. The first-order valence-corrected chi connectivity index (χ1v) is 6.70. The van der Waals surface area contributed by atoms with Gasteiger partial charge in [0.25, 0.3) is 0 Å². The molecule has 1 heterocycles. The molecule has 0 spiro atoms. The van der Waals surface area contributed by atoms with E-state index in [0.29, 0.717) is 18.1 Å². The SMILES string of the molecule is CC(C)C(O)(CN)Cc1cc(Cl)cc2c1OCC2. The van der Waals surface area contributed by atoms with Crippen molar-refractivity contribution in [2.75, 3.05) is 13.2 Å². The summed E-state index contributed by atoms with van der Waals surface area (Å²) < 4.78 is 5.64. The van der Waals surface area contributed by atoms with Gasteiger partial charge in [-0.1, -0.05) is 25.4 Å². The zero-order valence-electron chi connectivity index (χ0n) is 10.9. The monoisotopic (exact) mass is 269 g/mol. The fourth-order valence-electron chi connectivity index (χ4n) is 2.32. The summed E-state index contributed by atoms with van der Waals surface area (Å²) in [4.78, 5) is 0. The number of halogens is 1. The first kappa shape index (κ1) is 13.7. The largest absolute Gasteiger partial charge is 0.493 e. The Morgan fingerprint density at radius 2 is 2.22 bits per heavy atom. The van der Waals surface area contributed by atoms with Crippen molar-refractivity contribution < 1.29 is 9.84 Å². The van der Waals surface area contributed by atoms with Crippen molar-refractivity contribution in [3.8, 4) is 5.75 Å². The van der Waals surface area contributed by atoms with Crippen molar-refractivity contribution in [1.82, 2.24) is 0 Å². The van der Waals surface area contributed by atoms with Gasteiger partial charge in [-0.25, -0.2) is 0 Å². The van der Waals surface area contributed by atoms with Gasteiger partial charge in [0.2, 0.25) is 0 Å². The van der Waals surface area contributed by atoms with Gasteiger partial charge in [-0.15, -0.1) is 0 Å². The summed E-state index contributed by atoms with van der Waals surface area (Å²) in [5, 5.41) is 11.2. The zero-order chi connectivity index (χ0) is 13.3. The van der Waals surface area contributed by atoms with Gasteiger partial charge < -0.3 is 15.6 Å². The van der Waals surface area contributed by atoms with Crippen molar-refractivity contribution in [3.63, 3.8) is 0 Å². The Kier molecular flexibility index (Phi) is 3.85. The predicted octanol–water partition coefficient (Wildman–Crippen LogP) is 2.16. The number of hydrogen-bond acceptors (Lipinski definition) is 3. The molecule has 0 fully saturated rings. The number of rotatable bonds is 4. The molecule has 4 heteroatoms. The maximum Gasteiger partial charge on any atom is 0.126 e. The van der Waals surface area contributed by atoms with Crippen LogP contribution >= 0.6 is 11.6 Å². The van der Waals surface area contributed by atoms with Crippen LogP contribution in [0.15, 0.2) is 12.1 Å². The predicted molar refractivity (Wildman–Crippen MR) is 73.2 cm³/mol. The number of fused-ring (bicyclic) bond motifs is 1. The fourth-order valence-corrected chi connectivity index (χ4v) is 2.58. The summed E-state index contributed by atoms with van der Waals surface area (Å²) in [5.41, 5.74) is 6.88. The molecule has 1 aromatic carbocycles. The molecule has 2 rings (SSSR count). The lowest BCUT2D eigenvalue weighted by atomic mass is 9.84. The van der Waals surface area contributed by atoms with Crippen LogP contribution in [0, 0.1) is 5.92 Å². The molecule has 1 atom stereocenters. The quantitative estimate of drug-likeness (QED) is 0.881. The minimum Gasteiger partial charge on any atom is -0.493 e. The lowest BCUT2D eigenvalue weighted by molar-refractivity contribution is 0.00362. The summed E-state index contributed by atoms with van der Waals surface area (Å²) in [6.45, 7) is 4.86. The molecule has 100 valence electrons. The zero-order valence-corrected chi connectivity index (χ0v) is 11.6. The van der Waals surface area contributed by atoms with Crippen LogP contribution in [0.25, 0.3) is 0 Å². The van der Waals surface area contributed by atoms with Gasteiger partial charge >= 0.3 is 0 Å². The molecule has 18 heavy (non-hydrogen) atoms. The summed E-state index contributed by atoms with van der Waals surface area (Å²) in [6, 6.07) is 3.80. The van der Waals surface area contributed by atoms with Crippen LogP contribution in [0.3, 0.4) is 0 Å². The molecule has 0 aliphatic carbocycles. The number of hydrogen-bond donors (Lipinski definition) is 2. The molecule has 0 aromatic heterocycles. The van der Waals surface area contributed by atoms with Crippen molar-refractivity contribution in [1.29, 1.82) is 0 Å². The van der Waals surface area contributed by atoms with Crippen molar-refractivity contribution in [2.24, 2.45) is 11.7 Å². The van der Waals surface area contributed by atoms with Crippen molar-refractivity contribution >= 4 is 11.6 Å². The average molecular weight is 270 g/mol. The Bertz CT molecular complexity index is 448. The first-order valence-electron chi connectivity index (χ1n) is 6.33. The van der Waals surface area contributed by atoms with E-state index in [1.54, 1.807) is 0 Å². The Labute approximate surface area is 113 Å². The van der Waals surface area contributed by atoms with Gasteiger partial charge in [0.15, 0.2) is 0 Å². The molecule has 0 bridgehead atoms. The van der Waals surface area contributed by atoms with E-state index < -0.39 is 5.60 Å². The van der Waals surface area contributed by atoms with Crippen LogP contribution in [-0.4, -0.2) is 23.9 Å². The average Bonchev–Trinajstić information content (AvgIpc) is 2.76. The third-order valence-corrected chi connectivity index (χ3v) is 3.97. The normalized spacial score (nSPS) is 17.4. The smallest absolute Gasteiger partial charge is 0.126 e. The first-order chi connectivity index (χ1) is 8.46. The Hall–Kier alpha value is -0.770. The topological polar surface area (TPSA) is 55.5 Å². The van der Waals surface area contributed by atoms with E-state index in [1.807, 2.05) is 26.0 Å². The number of ether oxygens (including phenoxy) is 1. The molecule has 1 aromatic rings. The summed E-state index contributed by atoms with van der Waals surface area (Å²) in [6.07, 6.45) is 1.36. The van der Waals surface area contributed by atoms with E-state index in [0.717, 1.165) is 23.3 Å². The van der Waals surface area contributed by atoms with E-state index >= 15 is 0 Å². The second kappa shape index (κ2) is 5.08. The fraction of sp³-hybridized carbons (Fsp3) is 0.571. The molecule has 3 nitrogen and oxygen atoms in total. The molecule has 0 saturated carbocycles. The lowest BCUT2D eigenvalue weighted by Gasteiger charge is -2.31. The minimum atomic E-state index is -0.912. The van der Waals surface area contributed by atoms with Crippen molar-refractivity contribution in [3.05, 3.63) is 28.3 Å². The summed E-state index contributed by atoms with van der Waals surface area (Å²) in [7, 11) is 0. The van der Waals surface area contributed by atoms with E-state index in [2.05, 4.69) is 0 Å². The molecule has 1 aliphatic rings. The molecule has 0 saturated heterocycles. The number of benzene rings is 1. The second-order valence-corrected chi connectivity index (χ2v) is 5.73. The van der Waals surface area contributed by atoms with Gasteiger partial charge in [-0.05, 0) is 29.2 Å². The third kappa shape index (κ3) is 2.48. The van der Waals surface area contributed by atoms with E-state index in [4.69, 9.17) is 22.1 Å². The maximum atomic E-state index is 10.5. The van der Waals surface area contributed by atoms with Gasteiger partial charge in [-0.2, -0.15) is 0 Å². The molecule has 0 amide bonds. The van der Waals surface area contributed by atoms with Gasteiger partial charge in [0, 0.05) is 24.4 Å². The molecular formula is C14H20ClNO2. The highest BCUT2D eigenvalue weighted by Gasteiger charge is 2.32. The van der Waals surface area contributed by atoms with Crippen LogP contribution < -0.4 is 10.5 Å². The van der Waals surface area contributed by atoms with Crippen LogP contribution in [0.1, 0.15) is 25.0 Å². The van der Waals surface area contributed by atoms with Gasteiger partial charge in [-0.3, -0.25) is 0 Å². The highest BCUT2D eigenvalue weighted by molar-refractivity contribution is 6.30. The molecule has 1 aliphatic heterocycles. The molecular weight excluding hydrogens is 250 g/mol. The van der Waals surface area contributed by atoms with Gasteiger partial charge in [0.1, 0.15) is 5.75 Å². The van der Waals surface area contributed by atoms with E-state index in [9.17, 15) is 5.11 Å². The van der Waals surface area contributed by atoms with Crippen LogP contribution in [0.4, 0.5) is 0 Å². The van der Waals surface area contributed by atoms with Crippen molar-refractivity contribution in [2.45, 2.75) is 32.3 Å². The highest BCUT2D eigenvalue weighted by atomic mass is 35.5.